The van der Waals surface area contributed by atoms with Crippen LogP contribution >= 0.6 is 11.3 Å². The molecule has 2 N–H and O–H groups in total. The van der Waals surface area contributed by atoms with Gasteiger partial charge in [-0.05, 0) is 49.8 Å². The van der Waals surface area contributed by atoms with Gasteiger partial charge >= 0.3 is 5.97 Å². The number of nitrogens with zero attached hydrogens (tertiary/aromatic N) is 1. The molecule has 1 aromatic heterocycles. The molecule has 0 bridgehead atoms. The molecular formula is C20H24N2O4S. The van der Waals surface area contributed by atoms with Crippen molar-refractivity contribution in [2.75, 3.05) is 6.54 Å². The molecule has 1 aliphatic carbocycles. The molecule has 0 atom stereocenters. The highest BCUT2D eigenvalue weighted by Gasteiger charge is 2.16. The number of aromatic nitrogens is 1. The highest BCUT2D eigenvalue weighted by molar-refractivity contribution is 7.09. The van der Waals surface area contributed by atoms with Crippen LogP contribution in [0.1, 0.15) is 53.2 Å². The second-order valence-corrected chi connectivity index (χ2v) is 7.65. The average Bonchev–Trinajstić information content (AvgIpc) is 3.32. The van der Waals surface area contributed by atoms with Gasteiger partial charge in [0.25, 0.3) is 0 Å². The molecule has 1 amide bonds. The number of ether oxygens (including phenoxy) is 1. The predicted molar refractivity (Wildman–Crippen MR) is 103 cm³/mol. The molecule has 144 valence electrons. The smallest absolute Gasteiger partial charge is 0.355 e. The second kappa shape index (κ2) is 9.50. The van der Waals surface area contributed by atoms with Gasteiger partial charge in [-0.2, -0.15) is 0 Å². The van der Waals surface area contributed by atoms with Gasteiger partial charge in [0.2, 0.25) is 5.91 Å². The summed E-state index contributed by atoms with van der Waals surface area (Å²) in [6.07, 6.45) is 6.66. The third-order valence-corrected chi connectivity index (χ3v) is 5.48. The van der Waals surface area contributed by atoms with Crippen molar-refractivity contribution < 1.29 is 19.4 Å². The van der Waals surface area contributed by atoms with E-state index in [0.717, 1.165) is 24.2 Å². The van der Waals surface area contributed by atoms with Gasteiger partial charge in [0.15, 0.2) is 5.69 Å². The van der Waals surface area contributed by atoms with Crippen molar-refractivity contribution in [1.29, 1.82) is 0 Å². The van der Waals surface area contributed by atoms with Gasteiger partial charge in [0.1, 0.15) is 5.75 Å². The van der Waals surface area contributed by atoms with E-state index in [4.69, 9.17) is 9.84 Å². The molecule has 7 heteroatoms. The van der Waals surface area contributed by atoms with Crippen LogP contribution in [0.5, 0.6) is 5.75 Å². The summed E-state index contributed by atoms with van der Waals surface area (Å²) in [5, 5.41) is 13.9. The average molecular weight is 388 g/mol. The molecular weight excluding hydrogens is 364 g/mol. The van der Waals surface area contributed by atoms with E-state index in [-0.39, 0.29) is 11.6 Å². The minimum atomic E-state index is -1.03. The molecule has 1 heterocycles. The fourth-order valence-electron chi connectivity index (χ4n) is 3.15. The monoisotopic (exact) mass is 388 g/mol. The Morgan fingerprint density at radius 2 is 2.07 bits per heavy atom. The normalized spacial score (nSPS) is 14.2. The zero-order valence-electron chi connectivity index (χ0n) is 15.1. The molecule has 27 heavy (non-hydrogen) atoms. The standard InChI is InChI=1S/C20H24N2O4S/c23-18(21-11-10-19-22-17(13-27-19)20(24)25)9-8-14-4-3-7-16(12-14)26-15-5-1-2-6-15/h3-4,7,12-13,15H,1-2,5-6,8-11H2,(H,21,23)(H,24,25). The summed E-state index contributed by atoms with van der Waals surface area (Å²) in [6.45, 7) is 0.455. The van der Waals surface area contributed by atoms with Crippen molar-refractivity contribution >= 4 is 23.2 Å². The van der Waals surface area contributed by atoms with E-state index >= 15 is 0 Å². The summed E-state index contributed by atoms with van der Waals surface area (Å²) in [5.74, 6) is -0.161. The van der Waals surface area contributed by atoms with E-state index in [0.29, 0.717) is 36.9 Å². The first-order valence-electron chi connectivity index (χ1n) is 9.30. The molecule has 6 nitrogen and oxygen atoms in total. The zero-order valence-corrected chi connectivity index (χ0v) is 16.0. The van der Waals surface area contributed by atoms with Crippen molar-refractivity contribution in [1.82, 2.24) is 10.3 Å². The van der Waals surface area contributed by atoms with E-state index in [2.05, 4.69) is 10.3 Å². The van der Waals surface area contributed by atoms with E-state index in [1.807, 2.05) is 24.3 Å². The first-order chi connectivity index (χ1) is 13.1. The minimum Gasteiger partial charge on any atom is -0.490 e. The van der Waals surface area contributed by atoms with Crippen LogP contribution < -0.4 is 10.1 Å². The van der Waals surface area contributed by atoms with Crippen LogP contribution in [0.3, 0.4) is 0 Å². The second-order valence-electron chi connectivity index (χ2n) is 6.70. The minimum absolute atomic E-state index is 0.0212. The topological polar surface area (TPSA) is 88.5 Å². The number of aryl methyl sites for hydroxylation is 1. The Bertz CT molecular complexity index is 784. The van der Waals surface area contributed by atoms with Gasteiger partial charge in [-0.3, -0.25) is 4.79 Å². The third kappa shape index (κ3) is 6.06. The lowest BCUT2D eigenvalue weighted by molar-refractivity contribution is -0.121. The van der Waals surface area contributed by atoms with Gasteiger partial charge in [0, 0.05) is 24.8 Å². The number of carbonyl (C=O) groups excluding carboxylic acids is 1. The molecule has 1 fully saturated rings. The van der Waals surface area contributed by atoms with Crippen LogP contribution in [0, 0.1) is 0 Å². The molecule has 1 aromatic carbocycles. The lowest BCUT2D eigenvalue weighted by atomic mass is 10.1. The van der Waals surface area contributed by atoms with E-state index in [1.165, 1.54) is 29.6 Å². The zero-order chi connectivity index (χ0) is 19.1. The van der Waals surface area contributed by atoms with Gasteiger partial charge in [0.05, 0.1) is 11.1 Å². The van der Waals surface area contributed by atoms with Crippen LogP contribution in [-0.2, 0) is 17.6 Å². The lowest BCUT2D eigenvalue weighted by Gasteiger charge is -2.13. The number of rotatable bonds is 9. The van der Waals surface area contributed by atoms with Crippen molar-refractivity contribution in [2.45, 2.75) is 51.0 Å². The number of carboxylic acid groups (broad SMARTS) is 1. The largest absolute Gasteiger partial charge is 0.490 e. The van der Waals surface area contributed by atoms with E-state index in [9.17, 15) is 9.59 Å². The van der Waals surface area contributed by atoms with Gasteiger partial charge in [-0.15, -0.1) is 11.3 Å². The summed E-state index contributed by atoms with van der Waals surface area (Å²) in [7, 11) is 0. The summed E-state index contributed by atoms with van der Waals surface area (Å²) in [6, 6.07) is 7.98. The van der Waals surface area contributed by atoms with Crippen molar-refractivity contribution in [3.63, 3.8) is 0 Å². The summed E-state index contributed by atoms with van der Waals surface area (Å²) >= 11 is 1.30. The Labute approximate surface area is 162 Å². The van der Waals surface area contributed by atoms with Crippen molar-refractivity contribution in [3.8, 4) is 5.75 Å². The summed E-state index contributed by atoms with van der Waals surface area (Å²) in [5.41, 5.74) is 1.15. The van der Waals surface area contributed by atoms with Crippen LogP contribution in [-0.4, -0.2) is 34.6 Å². The Morgan fingerprint density at radius 3 is 2.81 bits per heavy atom. The molecule has 2 aromatic rings. The van der Waals surface area contributed by atoms with Crippen LogP contribution in [0.25, 0.3) is 0 Å². The molecule has 0 unspecified atom stereocenters. The third-order valence-electron chi connectivity index (χ3n) is 4.58. The van der Waals surface area contributed by atoms with Crippen LogP contribution in [0.2, 0.25) is 0 Å². The van der Waals surface area contributed by atoms with E-state index in [1.54, 1.807) is 0 Å². The number of nitrogens with one attached hydrogen (secondary N) is 1. The quantitative estimate of drug-likeness (QED) is 0.687. The number of benzene rings is 1. The highest BCUT2D eigenvalue weighted by Crippen LogP contribution is 2.24. The number of carbonyl (C=O) groups is 2. The Balaban J connectivity index is 1.38. The number of amides is 1. The molecule has 0 saturated heterocycles. The predicted octanol–water partition coefficient (Wildman–Crippen LogP) is 3.45. The molecule has 0 radical (unpaired) electrons. The molecule has 1 saturated carbocycles. The first-order valence-corrected chi connectivity index (χ1v) is 10.2. The maximum atomic E-state index is 12.0. The number of thiazole rings is 1. The maximum absolute atomic E-state index is 12.0. The van der Waals surface area contributed by atoms with Gasteiger partial charge in [-0.25, -0.2) is 9.78 Å². The maximum Gasteiger partial charge on any atom is 0.355 e. The SMILES string of the molecule is O=C(CCc1cccc(OC2CCCC2)c1)NCCc1nc(C(=O)O)cs1. The number of carboxylic acids is 1. The Kier molecular flexibility index (Phi) is 6.81. The van der Waals surface area contributed by atoms with Crippen molar-refractivity contribution in [3.05, 3.63) is 45.9 Å². The number of aromatic carboxylic acids is 1. The van der Waals surface area contributed by atoms with Crippen LogP contribution in [0.4, 0.5) is 0 Å². The first kappa shape index (κ1) is 19.4. The van der Waals surface area contributed by atoms with Crippen LogP contribution in [0.15, 0.2) is 29.6 Å². The summed E-state index contributed by atoms with van der Waals surface area (Å²) < 4.78 is 6.01. The van der Waals surface area contributed by atoms with E-state index < -0.39 is 5.97 Å². The Morgan fingerprint density at radius 1 is 1.26 bits per heavy atom. The number of hydrogen-bond acceptors (Lipinski definition) is 5. The summed E-state index contributed by atoms with van der Waals surface area (Å²) in [4.78, 5) is 26.8. The molecule has 0 spiro atoms. The van der Waals surface area contributed by atoms with Gasteiger partial charge < -0.3 is 15.2 Å². The van der Waals surface area contributed by atoms with Gasteiger partial charge in [-0.1, -0.05) is 12.1 Å². The molecule has 3 rings (SSSR count). The fourth-order valence-corrected chi connectivity index (χ4v) is 3.92. The lowest BCUT2D eigenvalue weighted by Crippen LogP contribution is -2.25. The Hall–Kier alpha value is -2.41. The fraction of sp³-hybridized carbons (Fsp3) is 0.450. The molecule has 0 aliphatic heterocycles. The molecule has 1 aliphatic rings. The highest BCUT2D eigenvalue weighted by atomic mass is 32.1. The van der Waals surface area contributed by atoms with Crippen molar-refractivity contribution in [2.24, 2.45) is 0 Å². The number of hydrogen-bond donors (Lipinski definition) is 2.